The van der Waals surface area contributed by atoms with Crippen LogP contribution in [0.2, 0.25) is 0 Å². The van der Waals surface area contributed by atoms with E-state index in [1.165, 1.54) is 83.3 Å². The van der Waals surface area contributed by atoms with E-state index in [4.69, 9.17) is 4.42 Å². The van der Waals surface area contributed by atoms with Crippen LogP contribution in [0.15, 0.2) is 186 Å². The largest absolute Gasteiger partial charge is 0.456 e. The Balaban J connectivity index is 1.05. The van der Waals surface area contributed by atoms with E-state index in [-0.39, 0.29) is 17.5 Å². The second-order valence-electron chi connectivity index (χ2n) is 21.5. The van der Waals surface area contributed by atoms with Crippen LogP contribution >= 0.6 is 0 Å². The number of nitrogens with zero attached hydrogens (tertiary/aromatic N) is 4. The van der Waals surface area contributed by atoms with E-state index in [1.807, 2.05) is 0 Å². The maximum atomic E-state index is 6.45. The predicted octanol–water partition coefficient (Wildman–Crippen LogP) is 15.5. The summed E-state index contributed by atoms with van der Waals surface area (Å²) in [4.78, 5) is 7.57. The highest BCUT2D eigenvalue weighted by molar-refractivity contribution is 7.00. The Hall–Kier alpha value is -7.96. The van der Waals surface area contributed by atoms with E-state index in [0.717, 1.165) is 50.4 Å². The molecule has 9 aromatic carbocycles. The molecule has 0 fully saturated rings. The van der Waals surface area contributed by atoms with Crippen LogP contribution in [0, 0.1) is 6.92 Å². The van der Waals surface area contributed by atoms with Gasteiger partial charge in [0.15, 0.2) is 0 Å². The lowest BCUT2D eigenvalue weighted by molar-refractivity contribution is 0.590. The van der Waals surface area contributed by atoms with Crippen LogP contribution in [-0.2, 0) is 10.8 Å². The zero-order chi connectivity index (χ0) is 46.7. The van der Waals surface area contributed by atoms with Gasteiger partial charge in [0.1, 0.15) is 11.2 Å². The molecule has 0 aliphatic carbocycles. The summed E-state index contributed by atoms with van der Waals surface area (Å²) in [6, 6.07) is 68.4. The van der Waals surface area contributed by atoms with Gasteiger partial charge < -0.3 is 23.7 Å². The first-order chi connectivity index (χ1) is 33.4. The van der Waals surface area contributed by atoms with Crippen LogP contribution in [0.1, 0.15) is 58.2 Å². The number of aryl methyl sites for hydroxylation is 1. The zero-order valence-electron chi connectivity index (χ0n) is 40.1. The maximum absolute atomic E-state index is 6.45. The quantitative estimate of drug-likeness (QED) is 0.165. The first-order valence-corrected chi connectivity index (χ1v) is 24.4. The molecular weight excluding hydrogens is 840 g/mol. The zero-order valence-corrected chi connectivity index (χ0v) is 40.1. The number of para-hydroxylation sites is 4. The first kappa shape index (κ1) is 40.1. The molecule has 0 saturated heterocycles. The van der Waals surface area contributed by atoms with Crippen LogP contribution in [-0.4, -0.2) is 11.3 Å². The van der Waals surface area contributed by atoms with Crippen molar-refractivity contribution in [2.45, 2.75) is 59.3 Å². The van der Waals surface area contributed by atoms with Crippen LogP contribution in [0.5, 0.6) is 0 Å². The summed E-state index contributed by atoms with van der Waals surface area (Å²) in [6.07, 6.45) is 0. The van der Waals surface area contributed by atoms with Crippen molar-refractivity contribution in [1.82, 2.24) is 4.57 Å². The molecule has 0 amide bonds. The van der Waals surface area contributed by atoms with Crippen molar-refractivity contribution in [3.8, 4) is 5.69 Å². The third-order valence-corrected chi connectivity index (χ3v) is 15.2. The Bertz CT molecular complexity index is 3900. The fourth-order valence-electron chi connectivity index (χ4n) is 11.9. The van der Waals surface area contributed by atoms with Crippen molar-refractivity contribution in [3.05, 3.63) is 199 Å². The SMILES string of the molecule is Cc1cc2c3c(c1)N1c4c(cccc4-n4c5ccccc5c5cccc1c54)B3c1ccc(N(c3ccc(C(C)(C)C)cc3)c3ccc(C(C)(C)C)cc3)cc1N2c1ccc2oc3ccccc3c2c1. The van der Waals surface area contributed by atoms with Gasteiger partial charge >= 0.3 is 0 Å². The summed E-state index contributed by atoms with van der Waals surface area (Å²) in [6.45, 7) is 15.9. The van der Waals surface area contributed by atoms with Gasteiger partial charge in [-0.2, -0.15) is 0 Å². The second-order valence-corrected chi connectivity index (χ2v) is 21.5. The highest BCUT2D eigenvalue weighted by Crippen LogP contribution is 2.53. The minimum Gasteiger partial charge on any atom is -0.456 e. The molecule has 0 N–H and O–H groups in total. The van der Waals surface area contributed by atoms with Gasteiger partial charge in [-0.1, -0.05) is 133 Å². The summed E-state index contributed by atoms with van der Waals surface area (Å²) in [7, 11) is 0. The molecule has 0 bridgehead atoms. The molecule has 332 valence electrons. The standard InChI is InChI=1S/C63H51BN4O/c1-38-34-55-59-56(35-38)68-52-19-12-16-47-45-14-8-10-18-51(45)67(60(47)52)53-20-13-17-50(61(53)68)64(59)49-32-30-44(37-54(49)66(55)43-31-33-58-48(36-43)46-15-9-11-21-57(46)69-58)65(41-26-22-39(23-27-41)62(2,3)4)42-28-24-40(25-29-42)63(5,6)7/h8-37H,1-7H3. The third-order valence-electron chi connectivity index (χ3n) is 15.2. The number of anilines is 9. The fraction of sp³-hybridized carbons (Fsp3) is 0.143. The van der Waals surface area contributed by atoms with Crippen molar-refractivity contribution in [2.75, 3.05) is 14.7 Å². The average molecular weight is 891 g/mol. The average Bonchev–Trinajstić information content (AvgIpc) is 3.89. The normalized spacial score (nSPS) is 13.6. The number of fused-ring (bicyclic) bond motifs is 12. The molecule has 3 aliphatic heterocycles. The lowest BCUT2D eigenvalue weighted by Crippen LogP contribution is -2.61. The van der Waals surface area contributed by atoms with Gasteiger partial charge in [-0.05, 0) is 142 Å². The van der Waals surface area contributed by atoms with Gasteiger partial charge in [0.25, 0.3) is 6.71 Å². The van der Waals surface area contributed by atoms with Crippen LogP contribution in [0.3, 0.4) is 0 Å². The molecule has 5 heterocycles. The van der Waals surface area contributed by atoms with E-state index in [0.29, 0.717) is 0 Å². The number of furan rings is 1. The smallest absolute Gasteiger partial charge is 0.252 e. The third kappa shape index (κ3) is 5.72. The summed E-state index contributed by atoms with van der Waals surface area (Å²) >= 11 is 0. The van der Waals surface area contributed by atoms with Gasteiger partial charge in [-0.3, -0.25) is 0 Å². The summed E-state index contributed by atoms with van der Waals surface area (Å²) in [5.74, 6) is 0. The van der Waals surface area contributed by atoms with E-state index in [9.17, 15) is 0 Å². The Morgan fingerprint density at radius 1 is 0.449 bits per heavy atom. The molecule has 5 nitrogen and oxygen atoms in total. The predicted molar refractivity (Wildman–Crippen MR) is 292 cm³/mol. The van der Waals surface area contributed by atoms with Crippen molar-refractivity contribution >= 4 is 118 Å². The summed E-state index contributed by atoms with van der Waals surface area (Å²) in [5.41, 5.74) is 23.7. The monoisotopic (exact) mass is 890 g/mol. The van der Waals surface area contributed by atoms with Crippen LogP contribution in [0.25, 0.3) is 49.4 Å². The minimum atomic E-state index is -0.0336. The molecule has 11 aromatic rings. The van der Waals surface area contributed by atoms with Crippen molar-refractivity contribution in [2.24, 2.45) is 0 Å². The van der Waals surface area contributed by atoms with E-state index in [2.05, 4.69) is 250 Å². The first-order valence-electron chi connectivity index (χ1n) is 24.4. The molecule has 3 aliphatic rings. The van der Waals surface area contributed by atoms with Gasteiger partial charge in [0.2, 0.25) is 0 Å². The fourth-order valence-corrected chi connectivity index (χ4v) is 11.9. The highest BCUT2D eigenvalue weighted by Gasteiger charge is 2.46. The Morgan fingerprint density at radius 2 is 1.06 bits per heavy atom. The molecule has 0 atom stereocenters. The molecule has 69 heavy (non-hydrogen) atoms. The van der Waals surface area contributed by atoms with E-state index in [1.54, 1.807) is 0 Å². The molecule has 0 unspecified atom stereocenters. The molecule has 6 heteroatoms. The lowest BCUT2D eigenvalue weighted by atomic mass is 9.33. The van der Waals surface area contributed by atoms with E-state index < -0.39 is 0 Å². The number of hydrogen-bond donors (Lipinski definition) is 0. The van der Waals surface area contributed by atoms with Crippen molar-refractivity contribution in [1.29, 1.82) is 0 Å². The highest BCUT2D eigenvalue weighted by atomic mass is 16.3. The molecular formula is C63H51BN4O. The number of hydrogen-bond acceptors (Lipinski definition) is 4. The Morgan fingerprint density at radius 3 is 1.78 bits per heavy atom. The van der Waals surface area contributed by atoms with Crippen LogP contribution in [0.4, 0.5) is 51.2 Å². The summed E-state index contributed by atoms with van der Waals surface area (Å²) < 4.78 is 8.97. The summed E-state index contributed by atoms with van der Waals surface area (Å²) in [5, 5.41) is 4.77. The van der Waals surface area contributed by atoms with Gasteiger partial charge in [-0.15, -0.1) is 0 Å². The van der Waals surface area contributed by atoms with Crippen molar-refractivity contribution < 1.29 is 4.42 Å². The molecule has 14 rings (SSSR count). The van der Waals surface area contributed by atoms with Crippen molar-refractivity contribution in [3.63, 3.8) is 0 Å². The number of benzene rings is 9. The topological polar surface area (TPSA) is 27.8 Å². The second kappa shape index (κ2) is 14.1. The molecule has 0 radical (unpaired) electrons. The molecule has 2 aromatic heterocycles. The molecule has 0 saturated carbocycles. The molecule has 0 spiro atoms. The van der Waals surface area contributed by atoms with Gasteiger partial charge in [0, 0.05) is 61.4 Å². The van der Waals surface area contributed by atoms with Gasteiger partial charge in [0.05, 0.1) is 28.1 Å². The minimum absolute atomic E-state index is 0.0323. The van der Waals surface area contributed by atoms with Gasteiger partial charge in [-0.25, -0.2) is 0 Å². The van der Waals surface area contributed by atoms with E-state index >= 15 is 0 Å². The number of rotatable bonds is 4. The maximum Gasteiger partial charge on any atom is 0.252 e. The lowest BCUT2D eigenvalue weighted by Gasteiger charge is -2.46. The number of aromatic nitrogens is 1. The Labute approximate surface area is 403 Å². The Kier molecular flexibility index (Phi) is 8.18. The van der Waals surface area contributed by atoms with Crippen LogP contribution < -0.4 is 31.1 Å².